The number of benzene rings is 2. The van der Waals surface area contributed by atoms with Crippen molar-refractivity contribution >= 4 is 21.6 Å². The van der Waals surface area contributed by atoms with Crippen LogP contribution in [0.5, 0.6) is 5.75 Å². The number of thiazole rings is 1. The largest absolute Gasteiger partial charge is 0.508 e. The van der Waals surface area contributed by atoms with Crippen molar-refractivity contribution in [3.63, 3.8) is 0 Å². The Morgan fingerprint density at radius 1 is 1.00 bits per heavy atom. The fourth-order valence-electron chi connectivity index (χ4n) is 1.88. The molecule has 84 valence electrons. The van der Waals surface area contributed by atoms with E-state index in [9.17, 15) is 5.11 Å². The quantitative estimate of drug-likeness (QED) is 0.699. The molecule has 0 bridgehead atoms. The SMILES string of the molecule is Cc1nc2cc(-c3ccc(O)cc3)ccc2s1. The van der Waals surface area contributed by atoms with Crippen molar-refractivity contribution in [1.29, 1.82) is 0 Å². The minimum Gasteiger partial charge on any atom is -0.508 e. The van der Waals surface area contributed by atoms with Gasteiger partial charge in [-0.1, -0.05) is 18.2 Å². The zero-order valence-corrected chi connectivity index (χ0v) is 10.2. The maximum absolute atomic E-state index is 9.27. The van der Waals surface area contributed by atoms with Gasteiger partial charge in [0.05, 0.1) is 15.2 Å². The second-order valence-corrected chi connectivity index (χ2v) is 5.20. The van der Waals surface area contributed by atoms with Crippen LogP contribution in [0.2, 0.25) is 0 Å². The number of rotatable bonds is 1. The lowest BCUT2D eigenvalue weighted by Crippen LogP contribution is -1.77. The first kappa shape index (κ1) is 10.3. The average molecular weight is 241 g/mol. The Kier molecular flexibility index (Phi) is 2.34. The molecule has 0 saturated heterocycles. The van der Waals surface area contributed by atoms with Crippen LogP contribution in [-0.2, 0) is 0 Å². The molecule has 0 aliphatic carbocycles. The van der Waals surface area contributed by atoms with Gasteiger partial charge in [0.1, 0.15) is 5.75 Å². The van der Waals surface area contributed by atoms with E-state index >= 15 is 0 Å². The van der Waals surface area contributed by atoms with E-state index < -0.39 is 0 Å². The molecular formula is C14H11NOS. The third-order valence-corrected chi connectivity index (χ3v) is 3.65. The number of aromatic nitrogens is 1. The summed E-state index contributed by atoms with van der Waals surface area (Å²) in [7, 11) is 0. The monoisotopic (exact) mass is 241 g/mol. The van der Waals surface area contributed by atoms with Crippen LogP contribution in [0.25, 0.3) is 21.3 Å². The molecule has 2 nitrogen and oxygen atoms in total. The molecular weight excluding hydrogens is 230 g/mol. The molecule has 0 fully saturated rings. The molecule has 1 aromatic heterocycles. The van der Waals surface area contributed by atoms with Gasteiger partial charge in [-0.25, -0.2) is 4.98 Å². The smallest absolute Gasteiger partial charge is 0.115 e. The zero-order valence-electron chi connectivity index (χ0n) is 9.34. The van der Waals surface area contributed by atoms with Crippen molar-refractivity contribution in [1.82, 2.24) is 4.98 Å². The summed E-state index contributed by atoms with van der Waals surface area (Å²) in [6.45, 7) is 2.02. The van der Waals surface area contributed by atoms with Gasteiger partial charge in [0, 0.05) is 0 Å². The summed E-state index contributed by atoms with van der Waals surface area (Å²) in [6.07, 6.45) is 0. The Balaban J connectivity index is 2.13. The predicted octanol–water partition coefficient (Wildman–Crippen LogP) is 3.98. The Labute approximate surface area is 103 Å². The fraction of sp³-hybridized carbons (Fsp3) is 0.0714. The number of hydrogen-bond acceptors (Lipinski definition) is 3. The molecule has 0 unspecified atom stereocenters. The maximum Gasteiger partial charge on any atom is 0.115 e. The molecule has 1 heterocycles. The normalized spacial score (nSPS) is 10.9. The molecule has 17 heavy (non-hydrogen) atoms. The van der Waals surface area contributed by atoms with E-state index in [1.165, 1.54) is 4.70 Å². The van der Waals surface area contributed by atoms with Crippen LogP contribution in [0.3, 0.4) is 0 Å². The first-order chi connectivity index (χ1) is 8.22. The van der Waals surface area contributed by atoms with Gasteiger partial charge in [0.15, 0.2) is 0 Å². The van der Waals surface area contributed by atoms with Gasteiger partial charge in [-0.05, 0) is 42.3 Å². The Morgan fingerprint density at radius 2 is 1.71 bits per heavy atom. The average Bonchev–Trinajstić information content (AvgIpc) is 2.69. The van der Waals surface area contributed by atoms with Crippen LogP contribution in [0.1, 0.15) is 5.01 Å². The number of aromatic hydroxyl groups is 1. The van der Waals surface area contributed by atoms with Crippen molar-refractivity contribution in [2.75, 3.05) is 0 Å². The lowest BCUT2D eigenvalue weighted by molar-refractivity contribution is 0.475. The first-order valence-corrected chi connectivity index (χ1v) is 6.20. The minimum absolute atomic E-state index is 0.291. The summed E-state index contributed by atoms with van der Waals surface area (Å²) in [5.74, 6) is 0.291. The van der Waals surface area contributed by atoms with Gasteiger partial charge in [0.2, 0.25) is 0 Å². The first-order valence-electron chi connectivity index (χ1n) is 5.39. The highest BCUT2D eigenvalue weighted by Gasteiger charge is 2.03. The minimum atomic E-state index is 0.291. The Bertz CT molecular complexity index is 670. The fourth-order valence-corrected chi connectivity index (χ4v) is 2.68. The summed E-state index contributed by atoms with van der Waals surface area (Å²) in [5, 5.41) is 10.4. The molecule has 0 amide bonds. The Morgan fingerprint density at radius 3 is 2.47 bits per heavy atom. The van der Waals surface area contributed by atoms with E-state index in [0.717, 1.165) is 21.7 Å². The molecule has 0 aliphatic heterocycles. The van der Waals surface area contributed by atoms with Crippen molar-refractivity contribution in [2.45, 2.75) is 6.92 Å². The predicted molar refractivity (Wildman–Crippen MR) is 71.5 cm³/mol. The van der Waals surface area contributed by atoms with Crippen LogP contribution in [0.4, 0.5) is 0 Å². The van der Waals surface area contributed by atoms with E-state index in [0.29, 0.717) is 5.75 Å². The van der Waals surface area contributed by atoms with E-state index in [4.69, 9.17) is 0 Å². The van der Waals surface area contributed by atoms with Crippen LogP contribution < -0.4 is 0 Å². The summed E-state index contributed by atoms with van der Waals surface area (Å²) < 4.78 is 1.21. The van der Waals surface area contributed by atoms with Crippen LogP contribution >= 0.6 is 11.3 Å². The molecule has 1 N–H and O–H groups in total. The molecule has 0 radical (unpaired) electrons. The number of aryl methyl sites for hydroxylation is 1. The third-order valence-electron chi connectivity index (χ3n) is 2.70. The molecule has 0 saturated carbocycles. The van der Waals surface area contributed by atoms with E-state index in [1.54, 1.807) is 23.5 Å². The molecule has 2 aromatic carbocycles. The van der Waals surface area contributed by atoms with E-state index in [1.807, 2.05) is 19.1 Å². The van der Waals surface area contributed by atoms with Crippen molar-refractivity contribution in [2.24, 2.45) is 0 Å². The summed E-state index contributed by atoms with van der Waals surface area (Å²) in [4.78, 5) is 4.49. The van der Waals surface area contributed by atoms with Gasteiger partial charge >= 0.3 is 0 Å². The summed E-state index contributed by atoms with van der Waals surface area (Å²) in [6, 6.07) is 13.5. The van der Waals surface area contributed by atoms with Crippen LogP contribution in [-0.4, -0.2) is 10.1 Å². The van der Waals surface area contributed by atoms with Crippen LogP contribution in [0, 0.1) is 6.92 Å². The molecule has 0 atom stereocenters. The summed E-state index contributed by atoms with van der Waals surface area (Å²) >= 11 is 1.71. The maximum atomic E-state index is 9.27. The number of fused-ring (bicyclic) bond motifs is 1. The van der Waals surface area contributed by atoms with E-state index in [-0.39, 0.29) is 0 Å². The third kappa shape index (κ3) is 1.89. The van der Waals surface area contributed by atoms with Gasteiger partial charge in [0.25, 0.3) is 0 Å². The molecule has 3 aromatic rings. The molecule has 0 spiro atoms. The lowest BCUT2D eigenvalue weighted by atomic mass is 10.1. The molecule has 3 rings (SSSR count). The lowest BCUT2D eigenvalue weighted by Gasteiger charge is -2.01. The summed E-state index contributed by atoms with van der Waals surface area (Å²) in [5.41, 5.74) is 3.26. The standard InChI is InChI=1S/C14H11NOS/c1-9-15-13-8-11(4-7-14(13)17-9)10-2-5-12(16)6-3-10/h2-8,16H,1H3. The van der Waals surface area contributed by atoms with E-state index in [2.05, 4.69) is 23.2 Å². The van der Waals surface area contributed by atoms with Crippen LogP contribution in [0.15, 0.2) is 42.5 Å². The topological polar surface area (TPSA) is 33.1 Å². The highest BCUT2D eigenvalue weighted by atomic mass is 32.1. The number of nitrogens with zero attached hydrogens (tertiary/aromatic N) is 1. The van der Waals surface area contributed by atoms with Crippen molar-refractivity contribution < 1.29 is 5.11 Å². The number of phenols is 1. The zero-order chi connectivity index (χ0) is 11.8. The van der Waals surface area contributed by atoms with Crippen molar-refractivity contribution in [3.05, 3.63) is 47.5 Å². The van der Waals surface area contributed by atoms with Gasteiger partial charge < -0.3 is 5.11 Å². The second-order valence-electron chi connectivity index (χ2n) is 3.96. The van der Waals surface area contributed by atoms with Crippen molar-refractivity contribution in [3.8, 4) is 16.9 Å². The van der Waals surface area contributed by atoms with Gasteiger partial charge in [-0.15, -0.1) is 11.3 Å². The Hall–Kier alpha value is -1.87. The second kappa shape index (κ2) is 3.86. The highest BCUT2D eigenvalue weighted by molar-refractivity contribution is 7.18. The molecule has 0 aliphatic rings. The highest BCUT2D eigenvalue weighted by Crippen LogP contribution is 2.28. The number of hydrogen-bond donors (Lipinski definition) is 1. The number of phenolic OH excluding ortho intramolecular Hbond substituents is 1. The van der Waals surface area contributed by atoms with Gasteiger partial charge in [-0.2, -0.15) is 0 Å². The molecule has 3 heteroatoms. The van der Waals surface area contributed by atoms with Gasteiger partial charge in [-0.3, -0.25) is 0 Å².